The predicted octanol–water partition coefficient (Wildman–Crippen LogP) is 7.75. The number of benzene rings is 2. The summed E-state index contributed by atoms with van der Waals surface area (Å²) < 4.78 is 5.69. The summed E-state index contributed by atoms with van der Waals surface area (Å²) in [7, 11) is 0. The zero-order valence-electron chi connectivity index (χ0n) is 37.9. The van der Waals surface area contributed by atoms with Gasteiger partial charge < -0.3 is 37.5 Å². The van der Waals surface area contributed by atoms with E-state index in [4.69, 9.17) is 21.9 Å². The van der Waals surface area contributed by atoms with Gasteiger partial charge in [0.15, 0.2) is 11.6 Å². The fraction of sp³-hybridized carbons (Fsp3) is 0.596. The van der Waals surface area contributed by atoms with Crippen molar-refractivity contribution < 1.29 is 14.6 Å². The van der Waals surface area contributed by atoms with Gasteiger partial charge in [-0.25, -0.2) is 9.98 Å². The second-order valence-electron chi connectivity index (χ2n) is 17.7. The Labute approximate surface area is 378 Å². The summed E-state index contributed by atoms with van der Waals surface area (Å²) in [6, 6.07) is 16.3. The molecule has 0 saturated heterocycles. The molecule has 2 aliphatic carbocycles. The summed E-state index contributed by atoms with van der Waals surface area (Å²) >= 11 is 0. The molecule has 1 unspecified atom stereocenters. The number of nitrogens with two attached hydrogens (primary N) is 3. The minimum absolute atomic E-state index is 0.0639. The number of aliphatic imine (C=N–C) groups is 1. The first-order chi connectivity index (χ1) is 31.0. The maximum atomic E-state index is 11.6. The molecule has 2 heterocycles. The van der Waals surface area contributed by atoms with E-state index < -0.39 is 15.5 Å². The topological polar surface area (TPSA) is 260 Å². The number of hydrogen-bond donors (Lipinski definition) is 7. The minimum atomic E-state index is -1.26. The second-order valence-corrected chi connectivity index (χ2v) is 17.7. The highest BCUT2D eigenvalue weighted by atomic mass is 16.6. The van der Waals surface area contributed by atoms with Crippen LogP contribution in [-0.4, -0.2) is 57.7 Å². The molecule has 0 spiro atoms. The van der Waals surface area contributed by atoms with E-state index in [9.17, 15) is 20.2 Å². The maximum absolute atomic E-state index is 11.6. The van der Waals surface area contributed by atoms with Gasteiger partial charge in [-0.15, -0.1) is 0 Å². The Morgan fingerprint density at radius 3 is 2.02 bits per heavy atom. The average molecular weight is 885 g/mol. The standard InChI is InChI=1S/C24H36N6O2.C23H36N6O3/c1-2-3-4-5-18-6-10-21(11-7-18)16-27-24-28-17-22(30(31)32)23(29-24)26-15-20-12-8-19(14-25)9-13-20;1-2-3-12-32-20-10-8-19(9-11-20)15-26-22-27-16-21(29(30)31)23(25,28-22)13-17-4-6-18(14-24)7-5-17/h6-7,10-11,17,19-20H,2-5,8-9,12-16,25H2,1H3,(H2,26,27,28,29);8-11,16-18H,2-7,12-15,24-25H2,1H3,(H2,26,27,28). The molecule has 0 amide bonds. The number of nitrogens with one attached hydrogen (secondary N) is 4. The van der Waals surface area contributed by atoms with Crippen LogP contribution in [0.25, 0.3) is 0 Å². The smallest absolute Gasteiger partial charge is 0.329 e. The number of anilines is 2. The first-order valence-corrected chi connectivity index (χ1v) is 23.4. The molecule has 3 aromatic rings. The molecule has 3 aliphatic rings. The van der Waals surface area contributed by atoms with E-state index in [1.165, 1.54) is 37.2 Å². The van der Waals surface area contributed by atoms with Crippen molar-refractivity contribution in [2.45, 2.75) is 129 Å². The lowest BCUT2D eigenvalue weighted by Crippen LogP contribution is -2.64. The summed E-state index contributed by atoms with van der Waals surface area (Å²) in [5, 5.41) is 35.4. The van der Waals surface area contributed by atoms with Crippen LogP contribution in [0.2, 0.25) is 0 Å². The Balaban J connectivity index is 0.000000241. The Hall–Kier alpha value is -5.39. The third kappa shape index (κ3) is 15.7. The van der Waals surface area contributed by atoms with Gasteiger partial charge in [0, 0.05) is 13.1 Å². The molecule has 17 nitrogen and oxygen atoms in total. The molecule has 0 radical (unpaired) electrons. The molecule has 350 valence electrons. The monoisotopic (exact) mass is 885 g/mol. The van der Waals surface area contributed by atoms with Crippen molar-refractivity contribution in [2.24, 2.45) is 45.9 Å². The predicted molar refractivity (Wildman–Crippen MR) is 254 cm³/mol. The van der Waals surface area contributed by atoms with Crippen LogP contribution in [0, 0.1) is 43.9 Å². The van der Waals surface area contributed by atoms with Gasteiger partial charge in [-0.1, -0.05) is 69.5 Å². The van der Waals surface area contributed by atoms with Gasteiger partial charge in [0.25, 0.3) is 0 Å². The zero-order valence-corrected chi connectivity index (χ0v) is 37.9. The largest absolute Gasteiger partial charge is 0.494 e. The lowest BCUT2D eigenvalue weighted by Gasteiger charge is -2.37. The van der Waals surface area contributed by atoms with Crippen molar-refractivity contribution in [2.75, 3.05) is 36.9 Å². The number of nitro groups is 2. The van der Waals surface area contributed by atoms with Crippen molar-refractivity contribution in [1.29, 1.82) is 0 Å². The highest BCUT2D eigenvalue weighted by Gasteiger charge is 2.44. The third-order valence-electron chi connectivity index (χ3n) is 12.7. The molecule has 2 aromatic carbocycles. The van der Waals surface area contributed by atoms with Gasteiger partial charge >= 0.3 is 11.4 Å². The number of unbranched alkanes of at least 4 members (excludes halogenated alkanes) is 3. The molecule has 10 N–H and O–H groups in total. The van der Waals surface area contributed by atoms with Gasteiger partial charge in [0.2, 0.25) is 11.8 Å². The molecule has 1 atom stereocenters. The molecule has 17 heteroatoms. The zero-order chi connectivity index (χ0) is 45.7. The molecule has 1 aromatic heterocycles. The van der Waals surface area contributed by atoms with E-state index in [-0.39, 0.29) is 17.2 Å². The molecule has 2 fully saturated rings. The summed E-state index contributed by atoms with van der Waals surface area (Å²) in [4.78, 5) is 35.3. The molecule has 1 aliphatic heterocycles. The van der Waals surface area contributed by atoms with Crippen LogP contribution in [-0.2, 0) is 19.5 Å². The Bertz CT molecular complexity index is 1950. The molecule has 64 heavy (non-hydrogen) atoms. The van der Waals surface area contributed by atoms with E-state index in [0.717, 1.165) is 94.1 Å². The first-order valence-electron chi connectivity index (χ1n) is 23.4. The fourth-order valence-electron chi connectivity index (χ4n) is 8.58. The van der Waals surface area contributed by atoms with Crippen molar-refractivity contribution >= 4 is 23.4 Å². The summed E-state index contributed by atoms with van der Waals surface area (Å²) in [6.45, 7) is 8.16. The quantitative estimate of drug-likeness (QED) is 0.0289. The van der Waals surface area contributed by atoms with Gasteiger partial charge in [-0.05, 0) is 143 Å². The van der Waals surface area contributed by atoms with E-state index in [0.29, 0.717) is 74.8 Å². The highest BCUT2D eigenvalue weighted by molar-refractivity contribution is 5.83. The van der Waals surface area contributed by atoms with Crippen LogP contribution >= 0.6 is 0 Å². The number of ether oxygens (including phenoxy) is 1. The lowest BCUT2D eigenvalue weighted by atomic mass is 9.77. The van der Waals surface area contributed by atoms with Crippen LogP contribution in [0.1, 0.15) is 120 Å². The van der Waals surface area contributed by atoms with E-state index in [1.807, 2.05) is 24.3 Å². The summed E-state index contributed by atoms with van der Waals surface area (Å²) in [6.07, 6.45) is 18.6. The Morgan fingerprint density at radius 2 is 1.41 bits per heavy atom. The van der Waals surface area contributed by atoms with Crippen LogP contribution in [0.5, 0.6) is 5.75 Å². The van der Waals surface area contributed by atoms with Crippen LogP contribution < -0.4 is 43.2 Å². The van der Waals surface area contributed by atoms with Crippen LogP contribution in [0.15, 0.2) is 71.6 Å². The summed E-state index contributed by atoms with van der Waals surface area (Å²) in [5.74, 6) is 3.91. The third-order valence-corrected chi connectivity index (χ3v) is 12.7. The Morgan fingerprint density at radius 1 is 0.797 bits per heavy atom. The molecule has 6 rings (SSSR count). The van der Waals surface area contributed by atoms with Crippen molar-refractivity contribution in [3.05, 3.63) is 104 Å². The average Bonchev–Trinajstić information content (AvgIpc) is 3.31. The van der Waals surface area contributed by atoms with Crippen molar-refractivity contribution in [3.8, 4) is 5.75 Å². The molecular formula is C47H72N12O5. The SMILES string of the molecule is CCCCCc1ccc(CNc2ncc([N+](=O)[O-])c(NCC3CCC(CN)CC3)n2)cc1.CCCCOc1ccc(CN=C2NC=C([N+](=O)[O-])C(N)(CC3CCC(CN)CC3)N2)cc1. The highest BCUT2D eigenvalue weighted by Crippen LogP contribution is 2.35. The number of aryl methyl sites for hydroxylation is 1. The van der Waals surface area contributed by atoms with Gasteiger partial charge in [-0.3, -0.25) is 26.0 Å². The maximum Gasteiger partial charge on any atom is 0.329 e. The number of aromatic nitrogens is 2. The second kappa shape index (κ2) is 25.8. The van der Waals surface area contributed by atoms with Gasteiger partial charge in [0.1, 0.15) is 11.9 Å². The first kappa shape index (κ1) is 49.6. The number of hydrogen-bond acceptors (Lipinski definition) is 13. The van der Waals surface area contributed by atoms with Crippen molar-refractivity contribution in [1.82, 2.24) is 20.6 Å². The van der Waals surface area contributed by atoms with Gasteiger partial charge in [0.05, 0.1) is 29.2 Å². The molecule has 0 bridgehead atoms. The molecule has 2 saturated carbocycles. The number of guanidine groups is 1. The summed E-state index contributed by atoms with van der Waals surface area (Å²) in [5.41, 5.74) is 20.2. The number of nitrogens with zero attached hydrogens (tertiary/aromatic N) is 5. The lowest BCUT2D eigenvalue weighted by molar-refractivity contribution is -0.437. The van der Waals surface area contributed by atoms with Crippen LogP contribution in [0.4, 0.5) is 17.5 Å². The van der Waals surface area contributed by atoms with E-state index in [1.54, 1.807) is 0 Å². The normalized spacial score (nSPS) is 22.5. The number of rotatable bonds is 22. The fourth-order valence-corrected chi connectivity index (χ4v) is 8.58. The van der Waals surface area contributed by atoms with Gasteiger partial charge in [-0.2, -0.15) is 4.98 Å². The van der Waals surface area contributed by atoms with E-state index >= 15 is 0 Å². The minimum Gasteiger partial charge on any atom is -0.494 e. The molecular weight excluding hydrogens is 813 g/mol. The van der Waals surface area contributed by atoms with Crippen LogP contribution in [0.3, 0.4) is 0 Å². The van der Waals surface area contributed by atoms with Crippen molar-refractivity contribution in [3.63, 3.8) is 0 Å². The van der Waals surface area contributed by atoms with E-state index in [2.05, 4.69) is 74.3 Å². The Kier molecular flexibility index (Phi) is 20.0.